The molecule has 0 atom stereocenters. The number of fused-ring (bicyclic) bond motifs is 1. The number of rotatable bonds is 5. The largest absolute Gasteiger partial charge is 0.321 e. The summed E-state index contributed by atoms with van der Waals surface area (Å²) in [5, 5.41) is 3.06. The van der Waals surface area contributed by atoms with E-state index in [2.05, 4.69) is 40.2 Å². The first-order valence-electron chi connectivity index (χ1n) is 9.60. The van der Waals surface area contributed by atoms with Crippen molar-refractivity contribution in [1.82, 2.24) is 4.90 Å². The molecule has 1 fully saturated rings. The molecular formula is C21H26N2OS2. The van der Waals surface area contributed by atoms with Crippen LogP contribution in [-0.4, -0.2) is 41.9 Å². The lowest BCUT2D eigenvalue weighted by atomic mass is 9.99. The van der Waals surface area contributed by atoms with E-state index in [-0.39, 0.29) is 5.91 Å². The van der Waals surface area contributed by atoms with Gasteiger partial charge in [-0.1, -0.05) is 12.1 Å². The molecule has 1 N–H and O–H groups in total. The van der Waals surface area contributed by atoms with E-state index in [0.717, 1.165) is 36.4 Å². The van der Waals surface area contributed by atoms with Crippen molar-refractivity contribution in [3.05, 3.63) is 51.2 Å². The number of thiophene rings is 1. The van der Waals surface area contributed by atoms with Gasteiger partial charge in [-0.05, 0) is 61.4 Å². The molecule has 2 aromatic rings. The molecule has 1 aliphatic carbocycles. The summed E-state index contributed by atoms with van der Waals surface area (Å²) in [6, 6.07) is 10.5. The molecule has 2 aliphatic rings. The van der Waals surface area contributed by atoms with Gasteiger partial charge in [-0.3, -0.25) is 4.79 Å². The first-order chi connectivity index (χ1) is 12.8. The van der Waals surface area contributed by atoms with Gasteiger partial charge >= 0.3 is 0 Å². The van der Waals surface area contributed by atoms with Gasteiger partial charge in [0.25, 0.3) is 5.91 Å². The van der Waals surface area contributed by atoms with Crippen molar-refractivity contribution in [2.24, 2.45) is 0 Å². The summed E-state index contributed by atoms with van der Waals surface area (Å²) >= 11 is 3.72. The van der Waals surface area contributed by atoms with Gasteiger partial charge in [0, 0.05) is 41.7 Å². The summed E-state index contributed by atoms with van der Waals surface area (Å²) < 4.78 is 0. The van der Waals surface area contributed by atoms with Crippen LogP contribution in [0.4, 0.5) is 5.69 Å². The van der Waals surface area contributed by atoms with E-state index < -0.39 is 0 Å². The number of amides is 1. The Morgan fingerprint density at radius 3 is 2.62 bits per heavy atom. The second-order valence-corrected chi connectivity index (χ2v) is 9.48. The van der Waals surface area contributed by atoms with Gasteiger partial charge in [0.2, 0.25) is 0 Å². The van der Waals surface area contributed by atoms with Crippen molar-refractivity contribution >= 4 is 34.7 Å². The quantitative estimate of drug-likeness (QED) is 0.823. The van der Waals surface area contributed by atoms with E-state index in [0.29, 0.717) is 0 Å². The van der Waals surface area contributed by atoms with Gasteiger partial charge in [0.05, 0.1) is 4.88 Å². The zero-order valence-corrected chi connectivity index (χ0v) is 16.8. The van der Waals surface area contributed by atoms with Crippen LogP contribution < -0.4 is 5.32 Å². The Morgan fingerprint density at radius 1 is 1.08 bits per heavy atom. The highest BCUT2D eigenvalue weighted by Crippen LogP contribution is 2.30. The van der Waals surface area contributed by atoms with Crippen molar-refractivity contribution in [3.8, 4) is 0 Å². The molecule has 2 heterocycles. The predicted octanol–water partition coefficient (Wildman–Crippen LogP) is 4.47. The van der Waals surface area contributed by atoms with Gasteiger partial charge in [-0.25, -0.2) is 0 Å². The molecule has 0 saturated carbocycles. The monoisotopic (exact) mass is 386 g/mol. The first-order valence-corrected chi connectivity index (χ1v) is 11.6. The summed E-state index contributed by atoms with van der Waals surface area (Å²) in [4.78, 5) is 17.3. The van der Waals surface area contributed by atoms with E-state index in [4.69, 9.17) is 0 Å². The first kappa shape index (κ1) is 18.1. The molecule has 1 amide bonds. The molecular weight excluding hydrogens is 360 g/mol. The van der Waals surface area contributed by atoms with Crippen molar-refractivity contribution in [3.63, 3.8) is 0 Å². The lowest BCUT2D eigenvalue weighted by Crippen LogP contribution is -2.34. The van der Waals surface area contributed by atoms with Crippen LogP contribution >= 0.6 is 23.1 Å². The second-order valence-electron chi connectivity index (χ2n) is 7.12. The minimum atomic E-state index is 0.0305. The van der Waals surface area contributed by atoms with Crippen molar-refractivity contribution in [1.29, 1.82) is 0 Å². The molecule has 26 heavy (non-hydrogen) atoms. The summed E-state index contributed by atoms with van der Waals surface area (Å²) in [5.74, 6) is 2.55. The minimum Gasteiger partial charge on any atom is -0.321 e. The molecule has 1 saturated heterocycles. The highest BCUT2D eigenvalue weighted by molar-refractivity contribution is 7.99. The number of thioether (sulfide) groups is 1. The fraction of sp³-hybridized carbons (Fsp3) is 0.476. The van der Waals surface area contributed by atoms with E-state index in [1.54, 1.807) is 11.3 Å². The smallest absolute Gasteiger partial charge is 0.265 e. The van der Waals surface area contributed by atoms with Crippen LogP contribution in [0.3, 0.4) is 0 Å². The fourth-order valence-corrected chi connectivity index (χ4v) is 5.79. The molecule has 4 rings (SSSR count). The molecule has 1 aromatic heterocycles. The zero-order chi connectivity index (χ0) is 17.8. The SMILES string of the molecule is O=C(Nc1ccc(CCN2CCSCC2)cc1)c1cc2c(s1)CCCC2. The minimum absolute atomic E-state index is 0.0305. The summed E-state index contributed by atoms with van der Waals surface area (Å²) in [7, 11) is 0. The number of benzene rings is 1. The molecule has 138 valence electrons. The number of nitrogens with one attached hydrogen (secondary N) is 1. The number of hydrogen-bond acceptors (Lipinski definition) is 4. The second kappa shape index (κ2) is 8.59. The van der Waals surface area contributed by atoms with E-state index in [1.165, 1.54) is 53.4 Å². The van der Waals surface area contributed by atoms with Gasteiger partial charge < -0.3 is 10.2 Å². The van der Waals surface area contributed by atoms with E-state index >= 15 is 0 Å². The fourth-order valence-electron chi connectivity index (χ4n) is 3.66. The van der Waals surface area contributed by atoms with Gasteiger partial charge in [-0.15, -0.1) is 11.3 Å². The van der Waals surface area contributed by atoms with Crippen LogP contribution in [0, 0.1) is 0 Å². The Labute approximate surface area is 164 Å². The molecule has 1 aromatic carbocycles. The van der Waals surface area contributed by atoms with Crippen LogP contribution in [0.2, 0.25) is 0 Å². The number of carbonyl (C=O) groups excluding carboxylic acids is 1. The Hall–Kier alpha value is -1.30. The Bertz CT molecular complexity index is 724. The Balaban J connectivity index is 1.31. The lowest BCUT2D eigenvalue weighted by Gasteiger charge is -2.26. The van der Waals surface area contributed by atoms with E-state index in [1.807, 2.05) is 12.1 Å². The summed E-state index contributed by atoms with van der Waals surface area (Å²) in [5.41, 5.74) is 3.62. The number of anilines is 1. The highest BCUT2D eigenvalue weighted by Gasteiger charge is 2.17. The summed E-state index contributed by atoms with van der Waals surface area (Å²) in [6.45, 7) is 3.56. The predicted molar refractivity (Wildman–Crippen MR) is 113 cm³/mol. The Morgan fingerprint density at radius 2 is 1.85 bits per heavy atom. The van der Waals surface area contributed by atoms with E-state index in [9.17, 15) is 4.79 Å². The van der Waals surface area contributed by atoms with Crippen LogP contribution in [-0.2, 0) is 19.3 Å². The van der Waals surface area contributed by atoms with Crippen LogP contribution in [0.1, 0.15) is 38.5 Å². The van der Waals surface area contributed by atoms with Crippen molar-refractivity contribution in [2.45, 2.75) is 32.1 Å². The third-order valence-corrected chi connectivity index (χ3v) is 7.43. The van der Waals surface area contributed by atoms with Crippen LogP contribution in [0.5, 0.6) is 0 Å². The average Bonchev–Trinajstić information content (AvgIpc) is 3.13. The number of carbonyl (C=O) groups is 1. The molecule has 3 nitrogen and oxygen atoms in total. The number of hydrogen-bond donors (Lipinski definition) is 1. The van der Waals surface area contributed by atoms with Crippen molar-refractivity contribution < 1.29 is 4.79 Å². The highest BCUT2D eigenvalue weighted by atomic mass is 32.2. The summed E-state index contributed by atoms with van der Waals surface area (Å²) in [6.07, 6.45) is 5.85. The third kappa shape index (κ3) is 4.51. The van der Waals surface area contributed by atoms with Crippen LogP contribution in [0.25, 0.3) is 0 Å². The molecule has 0 unspecified atom stereocenters. The maximum atomic E-state index is 12.5. The molecule has 1 aliphatic heterocycles. The maximum Gasteiger partial charge on any atom is 0.265 e. The molecule has 0 spiro atoms. The standard InChI is InChI=1S/C21H26N2OS2/c24-21(20-15-17-3-1-2-4-19(17)26-20)22-18-7-5-16(6-8-18)9-10-23-11-13-25-14-12-23/h5-8,15H,1-4,9-14H2,(H,22,24). The van der Waals surface area contributed by atoms with Crippen molar-refractivity contribution in [2.75, 3.05) is 36.5 Å². The van der Waals surface area contributed by atoms with Gasteiger partial charge in [0.1, 0.15) is 0 Å². The van der Waals surface area contributed by atoms with Gasteiger partial charge in [0.15, 0.2) is 0 Å². The number of aryl methyl sites for hydroxylation is 2. The van der Waals surface area contributed by atoms with Gasteiger partial charge in [-0.2, -0.15) is 11.8 Å². The number of nitrogens with zero attached hydrogens (tertiary/aromatic N) is 1. The molecule has 5 heteroatoms. The Kier molecular flexibility index (Phi) is 5.98. The molecule has 0 bridgehead atoms. The topological polar surface area (TPSA) is 32.3 Å². The zero-order valence-electron chi connectivity index (χ0n) is 15.1. The molecule has 0 radical (unpaired) electrons. The lowest BCUT2D eigenvalue weighted by molar-refractivity contribution is 0.103. The normalized spacial score (nSPS) is 17.7. The van der Waals surface area contributed by atoms with Crippen LogP contribution in [0.15, 0.2) is 30.3 Å². The third-order valence-electron chi connectivity index (χ3n) is 5.25. The maximum absolute atomic E-state index is 12.5. The average molecular weight is 387 g/mol.